The fourth-order valence-corrected chi connectivity index (χ4v) is 4.20. The van der Waals surface area contributed by atoms with Crippen molar-refractivity contribution in [1.82, 2.24) is 10.2 Å². The third kappa shape index (κ3) is 3.62. The summed E-state index contributed by atoms with van der Waals surface area (Å²) in [6.45, 7) is 3.68. The van der Waals surface area contributed by atoms with E-state index < -0.39 is 0 Å². The van der Waals surface area contributed by atoms with Gasteiger partial charge in [0.1, 0.15) is 5.75 Å². The predicted octanol–water partition coefficient (Wildman–Crippen LogP) is 4.21. The Kier molecular flexibility index (Phi) is 4.79. The molecular weight excluding hydrogens is 288 g/mol. The number of phenols is 1. The molecule has 1 aromatic carbocycles. The van der Waals surface area contributed by atoms with E-state index in [0.29, 0.717) is 5.41 Å². The van der Waals surface area contributed by atoms with Crippen LogP contribution in [0.2, 0.25) is 0 Å². The molecule has 0 radical (unpaired) electrons. The van der Waals surface area contributed by atoms with Crippen molar-refractivity contribution >= 4 is 6.03 Å². The van der Waals surface area contributed by atoms with Crippen LogP contribution in [-0.2, 0) is 0 Å². The number of carbonyl (C=O) groups excluding carboxylic acids is 1. The minimum atomic E-state index is -0.186. The number of carbonyl (C=O) groups is 1. The monoisotopic (exact) mass is 316 g/mol. The van der Waals surface area contributed by atoms with Crippen molar-refractivity contribution < 1.29 is 9.90 Å². The van der Waals surface area contributed by atoms with Crippen LogP contribution in [-0.4, -0.2) is 29.1 Å². The number of nitrogens with one attached hydrogen (secondary N) is 1. The molecule has 3 rings (SSSR count). The van der Waals surface area contributed by atoms with Gasteiger partial charge in [0.15, 0.2) is 0 Å². The number of urea groups is 1. The summed E-state index contributed by atoms with van der Waals surface area (Å²) >= 11 is 0. The Balaban J connectivity index is 1.60. The topological polar surface area (TPSA) is 52.6 Å². The first-order chi connectivity index (χ1) is 11.1. The van der Waals surface area contributed by atoms with Crippen molar-refractivity contribution in [3.63, 3.8) is 0 Å². The average Bonchev–Trinajstić information content (AvgIpc) is 2.81. The van der Waals surface area contributed by atoms with Crippen molar-refractivity contribution in [1.29, 1.82) is 0 Å². The normalized spacial score (nSPS) is 21.9. The van der Waals surface area contributed by atoms with Gasteiger partial charge in [-0.3, -0.25) is 0 Å². The molecule has 1 saturated heterocycles. The second-order valence-electron chi connectivity index (χ2n) is 7.32. The first-order valence-electron chi connectivity index (χ1n) is 8.93. The Morgan fingerprint density at radius 3 is 2.57 bits per heavy atom. The summed E-state index contributed by atoms with van der Waals surface area (Å²) in [5.74, 6) is 0.238. The molecule has 1 saturated carbocycles. The Labute approximate surface area is 138 Å². The van der Waals surface area contributed by atoms with Crippen LogP contribution < -0.4 is 5.32 Å². The molecule has 2 fully saturated rings. The van der Waals surface area contributed by atoms with Crippen molar-refractivity contribution in [2.24, 2.45) is 5.41 Å². The Hall–Kier alpha value is -1.71. The number of likely N-dealkylation sites (tertiary alicyclic amines) is 1. The summed E-state index contributed by atoms with van der Waals surface area (Å²) in [4.78, 5) is 14.6. The average molecular weight is 316 g/mol. The Bertz CT molecular complexity index is 550. The second kappa shape index (κ2) is 6.81. The standard InChI is InChI=1S/C19H28N2O2/c1-15(16-8-4-5-9-17(16)22)20-18(23)21-13-12-19(14-21)10-6-2-3-7-11-19/h4-5,8-9,15,22H,2-3,6-7,10-14H2,1H3,(H,20,23)/t15-/m1/s1. The smallest absolute Gasteiger partial charge is 0.317 e. The summed E-state index contributed by atoms with van der Waals surface area (Å²) in [5, 5.41) is 13.0. The lowest BCUT2D eigenvalue weighted by Gasteiger charge is -2.28. The fourth-order valence-electron chi connectivity index (χ4n) is 4.20. The number of nitrogens with zero attached hydrogens (tertiary/aromatic N) is 1. The molecular formula is C19H28N2O2. The molecule has 1 heterocycles. The van der Waals surface area contributed by atoms with Crippen molar-refractivity contribution in [3.05, 3.63) is 29.8 Å². The summed E-state index contributed by atoms with van der Waals surface area (Å²) < 4.78 is 0. The summed E-state index contributed by atoms with van der Waals surface area (Å²) in [6, 6.07) is 7.01. The predicted molar refractivity (Wildman–Crippen MR) is 91.4 cm³/mol. The molecule has 0 unspecified atom stereocenters. The lowest BCUT2D eigenvalue weighted by molar-refractivity contribution is 0.191. The van der Waals surface area contributed by atoms with Crippen LogP contribution in [0.3, 0.4) is 0 Å². The molecule has 0 bridgehead atoms. The number of hydrogen-bond acceptors (Lipinski definition) is 2. The first kappa shape index (κ1) is 16.2. The Morgan fingerprint density at radius 1 is 1.17 bits per heavy atom. The number of phenolic OH excluding ortho intramolecular Hbond substituents is 1. The molecule has 2 aliphatic rings. The minimum Gasteiger partial charge on any atom is -0.508 e. The maximum atomic E-state index is 12.6. The van der Waals surface area contributed by atoms with E-state index in [2.05, 4.69) is 5.32 Å². The molecule has 2 amide bonds. The van der Waals surface area contributed by atoms with Gasteiger partial charge in [-0.15, -0.1) is 0 Å². The largest absolute Gasteiger partial charge is 0.508 e. The minimum absolute atomic E-state index is 0.00174. The summed E-state index contributed by atoms with van der Waals surface area (Å²) in [6.07, 6.45) is 8.99. The quantitative estimate of drug-likeness (QED) is 0.859. The number of hydrogen-bond donors (Lipinski definition) is 2. The molecule has 126 valence electrons. The highest BCUT2D eigenvalue weighted by Crippen LogP contribution is 2.42. The van der Waals surface area contributed by atoms with Gasteiger partial charge in [-0.2, -0.15) is 0 Å². The number of amides is 2. The highest BCUT2D eigenvalue weighted by molar-refractivity contribution is 5.75. The van der Waals surface area contributed by atoms with E-state index in [1.165, 1.54) is 38.5 Å². The van der Waals surface area contributed by atoms with Crippen molar-refractivity contribution in [2.45, 2.75) is 57.9 Å². The molecule has 1 aliphatic heterocycles. The molecule has 1 aromatic rings. The molecule has 1 aliphatic carbocycles. The van der Waals surface area contributed by atoms with E-state index in [-0.39, 0.29) is 17.8 Å². The zero-order valence-corrected chi connectivity index (χ0v) is 14.1. The van der Waals surface area contributed by atoms with Crippen LogP contribution in [0.4, 0.5) is 4.79 Å². The van der Waals surface area contributed by atoms with E-state index in [1.54, 1.807) is 12.1 Å². The summed E-state index contributed by atoms with van der Waals surface area (Å²) in [5.41, 5.74) is 1.13. The molecule has 4 heteroatoms. The second-order valence-corrected chi connectivity index (χ2v) is 7.32. The van der Waals surface area contributed by atoms with Gasteiger partial charge in [0.2, 0.25) is 0 Å². The zero-order chi connectivity index (χ0) is 16.3. The van der Waals surface area contributed by atoms with Crippen LogP contribution in [0.1, 0.15) is 63.5 Å². The zero-order valence-electron chi connectivity index (χ0n) is 14.1. The van der Waals surface area contributed by atoms with E-state index in [9.17, 15) is 9.90 Å². The van der Waals surface area contributed by atoms with E-state index in [4.69, 9.17) is 0 Å². The van der Waals surface area contributed by atoms with Gasteiger partial charge in [0.25, 0.3) is 0 Å². The third-order valence-electron chi connectivity index (χ3n) is 5.63. The molecule has 0 aromatic heterocycles. The van der Waals surface area contributed by atoms with Gasteiger partial charge in [0, 0.05) is 18.7 Å². The number of para-hydroxylation sites is 1. The van der Waals surface area contributed by atoms with Gasteiger partial charge >= 0.3 is 6.03 Å². The van der Waals surface area contributed by atoms with Gasteiger partial charge in [-0.25, -0.2) is 4.79 Å². The van der Waals surface area contributed by atoms with E-state index in [1.807, 2.05) is 24.0 Å². The molecule has 2 N–H and O–H groups in total. The SMILES string of the molecule is C[C@@H](NC(=O)N1CCC2(CCCCCC2)C1)c1ccccc1O. The molecule has 4 nitrogen and oxygen atoms in total. The molecule has 1 spiro atoms. The maximum Gasteiger partial charge on any atom is 0.317 e. The lowest BCUT2D eigenvalue weighted by Crippen LogP contribution is -2.40. The fraction of sp³-hybridized carbons (Fsp3) is 0.632. The third-order valence-corrected chi connectivity index (χ3v) is 5.63. The molecule has 1 atom stereocenters. The van der Waals surface area contributed by atoms with Crippen LogP contribution in [0, 0.1) is 5.41 Å². The van der Waals surface area contributed by atoms with Crippen LogP contribution in [0.5, 0.6) is 5.75 Å². The van der Waals surface area contributed by atoms with Gasteiger partial charge < -0.3 is 15.3 Å². The number of aromatic hydroxyl groups is 1. The van der Waals surface area contributed by atoms with Gasteiger partial charge in [-0.1, -0.05) is 43.9 Å². The highest BCUT2D eigenvalue weighted by Gasteiger charge is 2.39. The van der Waals surface area contributed by atoms with Crippen LogP contribution in [0.15, 0.2) is 24.3 Å². The number of benzene rings is 1. The lowest BCUT2D eigenvalue weighted by atomic mass is 9.80. The molecule has 23 heavy (non-hydrogen) atoms. The highest BCUT2D eigenvalue weighted by atomic mass is 16.3. The van der Waals surface area contributed by atoms with Crippen molar-refractivity contribution in [2.75, 3.05) is 13.1 Å². The van der Waals surface area contributed by atoms with E-state index in [0.717, 1.165) is 25.1 Å². The summed E-state index contributed by atoms with van der Waals surface area (Å²) in [7, 11) is 0. The van der Waals surface area contributed by atoms with Gasteiger partial charge in [-0.05, 0) is 37.7 Å². The van der Waals surface area contributed by atoms with Crippen LogP contribution in [0.25, 0.3) is 0 Å². The first-order valence-corrected chi connectivity index (χ1v) is 8.93. The Morgan fingerprint density at radius 2 is 1.87 bits per heavy atom. The van der Waals surface area contributed by atoms with Crippen molar-refractivity contribution in [3.8, 4) is 5.75 Å². The maximum absolute atomic E-state index is 12.6. The van der Waals surface area contributed by atoms with Crippen LogP contribution >= 0.6 is 0 Å². The van der Waals surface area contributed by atoms with E-state index >= 15 is 0 Å². The van der Waals surface area contributed by atoms with Gasteiger partial charge in [0.05, 0.1) is 6.04 Å². The number of rotatable bonds is 2.